The van der Waals surface area contributed by atoms with Crippen LogP contribution in [0.4, 0.5) is 0 Å². The van der Waals surface area contributed by atoms with Gasteiger partial charge in [-0.3, -0.25) is 0 Å². The summed E-state index contributed by atoms with van der Waals surface area (Å²) >= 11 is 1.50. The van der Waals surface area contributed by atoms with Gasteiger partial charge in [-0.15, -0.1) is 11.3 Å². The average Bonchev–Trinajstić information content (AvgIpc) is 2.73. The van der Waals surface area contributed by atoms with Crippen molar-refractivity contribution in [1.82, 2.24) is 9.62 Å². The first kappa shape index (κ1) is 15.9. The Morgan fingerprint density at radius 1 is 1.40 bits per heavy atom. The van der Waals surface area contributed by atoms with E-state index in [0.717, 1.165) is 24.3 Å². The molecule has 0 aliphatic carbocycles. The Morgan fingerprint density at radius 3 is 3.05 bits per heavy atom. The average molecular weight is 318 g/mol. The fourth-order valence-corrected chi connectivity index (χ4v) is 5.02. The molecular formula is C13H22N2O3S2. The van der Waals surface area contributed by atoms with E-state index < -0.39 is 10.0 Å². The predicted molar refractivity (Wildman–Crippen MR) is 80.5 cm³/mol. The first-order valence-electron chi connectivity index (χ1n) is 7.01. The Balaban J connectivity index is 2.14. The van der Waals surface area contributed by atoms with Gasteiger partial charge >= 0.3 is 0 Å². The summed E-state index contributed by atoms with van der Waals surface area (Å²) in [5.74, 6) is 0. The molecule has 2 heterocycles. The molecule has 0 bridgehead atoms. The van der Waals surface area contributed by atoms with Crippen molar-refractivity contribution in [3.8, 4) is 0 Å². The standard InChI is InChI=1S/C13H22N2O3S2/c1-2-5-14-11-12-13(4-10-19-12)20(16,17)15-6-3-8-18-9-7-15/h4,10,14H,2-3,5-9,11H2,1H3. The van der Waals surface area contributed by atoms with Gasteiger partial charge in [-0.1, -0.05) is 6.92 Å². The van der Waals surface area contributed by atoms with Crippen LogP contribution >= 0.6 is 11.3 Å². The first-order chi connectivity index (χ1) is 9.66. The smallest absolute Gasteiger partial charge is 0.244 e. The normalized spacial score (nSPS) is 18.1. The molecule has 1 aromatic rings. The SMILES string of the molecule is CCCNCc1sccc1S(=O)(=O)N1CCCOCC1. The van der Waals surface area contributed by atoms with Gasteiger partial charge in [0.05, 0.1) is 11.5 Å². The van der Waals surface area contributed by atoms with Crippen LogP contribution in [0.2, 0.25) is 0 Å². The van der Waals surface area contributed by atoms with Gasteiger partial charge in [-0.05, 0) is 30.8 Å². The second-order valence-corrected chi connectivity index (χ2v) is 7.66. The molecule has 1 fully saturated rings. The molecule has 0 aromatic carbocycles. The summed E-state index contributed by atoms with van der Waals surface area (Å²) in [6.07, 6.45) is 1.80. The van der Waals surface area contributed by atoms with E-state index in [2.05, 4.69) is 12.2 Å². The molecule has 114 valence electrons. The highest BCUT2D eigenvalue weighted by molar-refractivity contribution is 7.89. The Labute approximate surface area is 125 Å². The highest BCUT2D eigenvalue weighted by atomic mass is 32.2. The second-order valence-electron chi connectivity index (χ2n) is 4.75. The zero-order chi connectivity index (χ0) is 14.4. The second kappa shape index (κ2) is 7.51. The van der Waals surface area contributed by atoms with E-state index in [1.165, 1.54) is 11.3 Å². The Bertz CT molecular complexity index is 505. The van der Waals surface area contributed by atoms with Gasteiger partial charge < -0.3 is 10.1 Å². The van der Waals surface area contributed by atoms with Gasteiger partial charge in [-0.2, -0.15) is 4.31 Å². The summed E-state index contributed by atoms with van der Waals surface area (Å²) in [5.41, 5.74) is 0. The Hall–Kier alpha value is -0.470. The molecule has 1 N–H and O–H groups in total. The van der Waals surface area contributed by atoms with Crippen molar-refractivity contribution >= 4 is 21.4 Å². The molecule has 1 aliphatic rings. The molecule has 0 unspecified atom stereocenters. The van der Waals surface area contributed by atoms with Crippen molar-refractivity contribution < 1.29 is 13.2 Å². The van der Waals surface area contributed by atoms with Crippen LogP contribution in [-0.4, -0.2) is 45.6 Å². The molecule has 1 aromatic heterocycles. The van der Waals surface area contributed by atoms with Crippen LogP contribution in [0.3, 0.4) is 0 Å². The fraction of sp³-hybridized carbons (Fsp3) is 0.692. The van der Waals surface area contributed by atoms with Crippen molar-refractivity contribution in [2.45, 2.75) is 31.2 Å². The third-order valence-electron chi connectivity index (χ3n) is 3.22. The summed E-state index contributed by atoms with van der Waals surface area (Å²) in [6.45, 7) is 5.71. The van der Waals surface area contributed by atoms with Crippen molar-refractivity contribution in [2.24, 2.45) is 0 Å². The largest absolute Gasteiger partial charge is 0.380 e. The highest BCUT2D eigenvalue weighted by Crippen LogP contribution is 2.25. The lowest BCUT2D eigenvalue weighted by atomic mass is 10.4. The lowest BCUT2D eigenvalue weighted by molar-refractivity contribution is 0.148. The van der Waals surface area contributed by atoms with E-state index in [4.69, 9.17) is 4.74 Å². The van der Waals surface area contributed by atoms with Crippen molar-refractivity contribution in [3.63, 3.8) is 0 Å². The number of thiophene rings is 1. The predicted octanol–water partition coefficient (Wildman–Crippen LogP) is 1.66. The van der Waals surface area contributed by atoms with Crippen molar-refractivity contribution in [2.75, 3.05) is 32.8 Å². The van der Waals surface area contributed by atoms with Gasteiger partial charge in [0.1, 0.15) is 0 Å². The fourth-order valence-electron chi connectivity index (χ4n) is 2.17. The molecule has 0 amide bonds. The highest BCUT2D eigenvalue weighted by Gasteiger charge is 2.28. The van der Waals surface area contributed by atoms with Crippen LogP contribution in [0.1, 0.15) is 24.6 Å². The summed E-state index contributed by atoms with van der Waals surface area (Å²) in [5, 5.41) is 5.12. The maximum Gasteiger partial charge on any atom is 0.244 e. The number of nitrogens with zero attached hydrogens (tertiary/aromatic N) is 1. The molecule has 2 rings (SSSR count). The van der Waals surface area contributed by atoms with Crippen LogP contribution in [-0.2, 0) is 21.3 Å². The van der Waals surface area contributed by atoms with E-state index in [-0.39, 0.29) is 0 Å². The van der Waals surface area contributed by atoms with E-state index in [1.807, 2.05) is 5.38 Å². The van der Waals surface area contributed by atoms with Gasteiger partial charge in [0.2, 0.25) is 10.0 Å². The van der Waals surface area contributed by atoms with Crippen LogP contribution in [0.15, 0.2) is 16.3 Å². The molecule has 0 radical (unpaired) electrons. The lowest BCUT2D eigenvalue weighted by Gasteiger charge is -2.19. The third kappa shape index (κ3) is 3.79. The third-order valence-corrected chi connectivity index (χ3v) is 6.25. The Kier molecular flexibility index (Phi) is 5.98. The zero-order valence-corrected chi connectivity index (χ0v) is 13.4. The molecular weight excluding hydrogens is 296 g/mol. The summed E-state index contributed by atoms with van der Waals surface area (Å²) in [4.78, 5) is 1.34. The van der Waals surface area contributed by atoms with Gasteiger partial charge in [-0.25, -0.2) is 8.42 Å². The summed E-state index contributed by atoms with van der Waals surface area (Å²) < 4.78 is 32.3. The van der Waals surface area contributed by atoms with Crippen LogP contribution < -0.4 is 5.32 Å². The molecule has 20 heavy (non-hydrogen) atoms. The van der Waals surface area contributed by atoms with Gasteiger partial charge in [0.15, 0.2) is 0 Å². The minimum atomic E-state index is -3.39. The quantitative estimate of drug-likeness (QED) is 0.811. The first-order valence-corrected chi connectivity index (χ1v) is 9.33. The number of hydrogen-bond acceptors (Lipinski definition) is 5. The van der Waals surface area contributed by atoms with E-state index in [1.54, 1.807) is 10.4 Å². The van der Waals surface area contributed by atoms with E-state index >= 15 is 0 Å². The van der Waals surface area contributed by atoms with E-state index in [9.17, 15) is 8.42 Å². The lowest BCUT2D eigenvalue weighted by Crippen LogP contribution is -2.33. The minimum Gasteiger partial charge on any atom is -0.380 e. The number of nitrogens with one attached hydrogen (secondary N) is 1. The molecule has 1 aliphatic heterocycles. The minimum absolute atomic E-state index is 0.444. The maximum atomic E-state index is 12.7. The van der Waals surface area contributed by atoms with Gasteiger partial charge in [0, 0.05) is 31.1 Å². The Morgan fingerprint density at radius 2 is 2.25 bits per heavy atom. The topological polar surface area (TPSA) is 58.6 Å². The van der Waals surface area contributed by atoms with Crippen molar-refractivity contribution in [3.05, 3.63) is 16.3 Å². The number of hydrogen-bond donors (Lipinski definition) is 1. The number of rotatable bonds is 6. The number of sulfonamides is 1. The van der Waals surface area contributed by atoms with E-state index in [0.29, 0.717) is 37.7 Å². The molecule has 0 spiro atoms. The molecule has 0 atom stereocenters. The molecule has 7 heteroatoms. The molecule has 5 nitrogen and oxygen atoms in total. The van der Waals surface area contributed by atoms with Crippen LogP contribution in [0.5, 0.6) is 0 Å². The summed E-state index contributed by atoms with van der Waals surface area (Å²) in [6, 6.07) is 1.72. The van der Waals surface area contributed by atoms with Crippen molar-refractivity contribution in [1.29, 1.82) is 0 Å². The summed E-state index contributed by atoms with van der Waals surface area (Å²) in [7, 11) is -3.39. The molecule has 0 saturated carbocycles. The number of ether oxygens (including phenoxy) is 1. The molecule has 1 saturated heterocycles. The van der Waals surface area contributed by atoms with Crippen LogP contribution in [0.25, 0.3) is 0 Å². The maximum absolute atomic E-state index is 12.7. The monoisotopic (exact) mass is 318 g/mol. The van der Waals surface area contributed by atoms with Crippen LogP contribution in [0, 0.1) is 0 Å². The zero-order valence-electron chi connectivity index (χ0n) is 11.8. The van der Waals surface area contributed by atoms with Gasteiger partial charge in [0.25, 0.3) is 0 Å².